The fourth-order valence-corrected chi connectivity index (χ4v) is 2.50. The first-order valence-corrected chi connectivity index (χ1v) is 6.48. The average Bonchev–Trinajstić information content (AvgIpc) is 2.40. The van der Waals surface area contributed by atoms with Crippen molar-refractivity contribution in [2.24, 2.45) is 0 Å². The van der Waals surface area contributed by atoms with E-state index in [-0.39, 0.29) is 18.6 Å². The van der Waals surface area contributed by atoms with E-state index in [2.05, 4.69) is 0 Å². The Labute approximate surface area is 111 Å². The second kappa shape index (κ2) is 5.59. The van der Waals surface area contributed by atoms with Crippen molar-refractivity contribution < 1.29 is 9.90 Å². The van der Waals surface area contributed by atoms with Gasteiger partial charge in [0.15, 0.2) is 0 Å². The Hall–Kier alpha value is -1.26. The van der Waals surface area contributed by atoms with E-state index in [9.17, 15) is 9.90 Å². The zero-order valence-corrected chi connectivity index (χ0v) is 10.9. The van der Waals surface area contributed by atoms with Crippen LogP contribution in [0.15, 0.2) is 18.2 Å². The number of nitrogens with two attached hydrogens (primary N) is 1. The number of likely N-dealkylation sites (tertiary alicyclic amines) is 1. The predicted octanol–water partition coefficient (Wildman–Crippen LogP) is 1.91. The van der Waals surface area contributed by atoms with Crippen LogP contribution in [0.1, 0.15) is 29.6 Å². The summed E-state index contributed by atoms with van der Waals surface area (Å²) in [4.78, 5) is 14.1. The highest BCUT2D eigenvalue weighted by molar-refractivity contribution is 6.31. The van der Waals surface area contributed by atoms with E-state index in [0.717, 1.165) is 19.3 Å². The zero-order chi connectivity index (χ0) is 13.1. The van der Waals surface area contributed by atoms with Crippen molar-refractivity contribution in [1.82, 2.24) is 4.90 Å². The Balaban J connectivity index is 2.26. The summed E-state index contributed by atoms with van der Waals surface area (Å²) < 4.78 is 0. The minimum atomic E-state index is -0.145. The van der Waals surface area contributed by atoms with Crippen molar-refractivity contribution in [2.75, 3.05) is 18.9 Å². The molecule has 1 amide bonds. The van der Waals surface area contributed by atoms with Crippen LogP contribution >= 0.6 is 11.6 Å². The van der Waals surface area contributed by atoms with Crippen LogP contribution in [0.5, 0.6) is 0 Å². The second-order valence-corrected chi connectivity index (χ2v) is 5.00. The molecule has 1 fully saturated rings. The maximum atomic E-state index is 12.4. The first-order valence-electron chi connectivity index (χ1n) is 6.10. The molecule has 0 aliphatic carbocycles. The lowest BCUT2D eigenvalue weighted by molar-refractivity contribution is 0.0504. The van der Waals surface area contributed by atoms with Crippen LogP contribution in [-0.4, -0.2) is 35.1 Å². The summed E-state index contributed by atoms with van der Waals surface area (Å²) >= 11 is 5.89. The van der Waals surface area contributed by atoms with Gasteiger partial charge in [-0.15, -0.1) is 0 Å². The number of aliphatic hydroxyl groups excluding tert-OH is 1. The van der Waals surface area contributed by atoms with Gasteiger partial charge in [-0.05, 0) is 37.5 Å². The molecule has 1 heterocycles. The predicted molar refractivity (Wildman–Crippen MR) is 71.6 cm³/mol. The van der Waals surface area contributed by atoms with Gasteiger partial charge >= 0.3 is 0 Å². The van der Waals surface area contributed by atoms with Crippen molar-refractivity contribution in [3.05, 3.63) is 28.8 Å². The van der Waals surface area contributed by atoms with Gasteiger partial charge in [-0.1, -0.05) is 11.6 Å². The van der Waals surface area contributed by atoms with Gasteiger partial charge in [0.1, 0.15) is 0 Å². The number of nitrogens with zero attached hydrogens (tertiary/aromatic N) is 1. The van der Waals surface area contributed by atoms with E-state index < -0.39 is 0 Å². The summed E-state index contributed by atoms with van der Waals surface area (Å²) in [5.74, 6) is -0.145. The van der Waals surface area contributed by atoms with Crippen LogP contribution in [0, 0.1) is 0 Å². The topological polar surface area (TPSA) is 66.6 Å². The number of benzene rings is 1. The third kappa shape index (κ3) is 2.60. The number of carbonyl (C=O) groups excluding carboxylic acids is 1. The molecule has 1 aliphatic rings. The standard InChI is InChI=1S/C13H17ClN2O2/c14-9-4-5-12(15)11(7-9)13(18)16-6-2-1-3-10(16)8-17/h4-5,7,10,17H,1-3,6,8,15H2. The molecule has 1 aliphatic heterocycles. The normalized spacial score (nSPS) is 19.9. The van der Waals surface area contributed by atoms with E-state index in [1.54, 1.807) is 23.1 Å². The van der Waals surface area contributed by atoms with Gasteiger partial charge < -0.3 is 15.7 Å². The molecule has 18 heavy (non-hydrogen) atoms. The number of amides is 1. The molecule has 3 N–H and O–H groups in total. The smallest absolute Gasteiger partial charge is 0.256 e. The first kappa shape index (κ1) is 13.2. The average molecular weight is 269 g/mol. The summed E-state index contributed by atoms with van der Waals surface area (Å²) in [7, 11) is 0. The number of halogens is 1. The quantitative estimate of drug-likeness (QED) is 0.805. The molecule has 98 valence electrons. The van der Waals surface area contributed by atoms with Crippen LogP contribution in [-0.2, 0) is 0 Å². The van der Waals surface area contributed by atoms with Gasteiger partial charge in [0.25, 0.3) is 5.91 Å². The van der Waals surface area contributed by atoms with Gasteiger partial charge in [-0.2, -0.15) is 0 Å². The molecule has 4 nitrogen and oxygen atoms in total. The molecule has 0 spiro atoms. The molecule has 0 aromatic heterocycles. The van der Waals surface area contributed by atoms with Gasteiger partial charge in [0.2, 0.25) is 0 Å². The Kier molecular flexibility index (Phi) is 4.09. The summed E-state index contributed by atoms with van der Waals surface area (Å²) in [5.41, 5.74) is 6.66. The van der Waals surface area contributed by atoms with Crippen molar-refractivity contribution >= 4 is 23.2 Å². The third-order valence-electron chi connectivity index (χ3n) is 3.34. The maximum Gasteiger partial charge on any atom is 0.256 e. The SMILES string of the molecule is Nc1ccc(Cl)cc1C(=O)N1CCCCC1CO. The van der Waals surface area contributed by atoms with Crippen LogP contribution < -0.4 is 5.73 Å². The highest BCUT2D eigenvalue weighted by atomic mass is 35.5. The molecule has 1 atom stereocenters. The molecule has 1 saturated heterocycles. The Bertz CT molecular complexity index is 451. The number of nitrogen functional groups attached to an aromatic ring is 1. The number of piperidine rings is 1. The zero-order valence-electron chi connectivity index (χ0n) is 10.1. The van der Waals surface area contributed by atoms with Crippen molar-refractivity contribution in [3.63, 3.8) is 0 Å². The Morgan fingerprint density at radius 3 is 3.00 bits per heavy atom. The molecular weight excluding hydrogens is 252 g/mol. The minimum Gasteiger partial charge on any atom is -0.398 e. The first-order chi connectivity index (χ1) is 8.63. The van der Waals surface area contributed by atoms with Crippen molar-refractivity contribution in [1.29, 1.82) is 0 Å². The molecule has 0 bridgehead atoms. The molecule has 0 radical (unpaired) electrons. The minimum absolute atomic E-state index is 0.00773. The molecular formula is C13H17ClN2O2. The lowest BCUT2D eigenvalue weighted by atomic mass is 10.0. The van der Waals surface area contributed by atoms with Crippen LogP contribution in [0.25, 0.3) is 0 Å². The fourth-order valence-electron chi connectivity index (χ4n) is 2.33. The summed E-state index contributed by atoms with van der Waals surface area (Å²) in [5, 5.41) is 9.82. The van der Waals surface area contributed by atoms with Gasteiger partial charge in [0.05, 0.1) is 18.2 Å². The van der Waals surface area contributed by atoms with E-state index in [4.69, 9.17) is 17.3 Å². The summed E-state index contributed by atoms with van der Waals surface area (Å²) in [6.45, 7) is 0.655. The van der Waals surface area contributed by atoms with Crippen molar-refractivity contribution in [2.45, 2.75) is 25.3 Å². The van der Waals surface area contributed by atoms with Crippen LogP contribution in [0.3, 0.4) is 0 Å². The lowest BCUT2D eigenvalue weighted by Gasteiger charge is -2.34. The lowest BCUT2D eigenvalue weighted by Crippen LogP contribution is -2.45. The monoisotopic (exact) mass is 268 g/mol. The van der Waals surface area contributed by atoms with Gasteiger partial charge in [-0.25, -0.2) is 0 Å². The molecule has 1 aromatic carbocycles. The van der Waals surface area contributed by atoms with Crippen LogP contribution in [0.2, 0.25) is 5.02 Å². The Morgan fingerprint density at radius 1 is 1.50 bits per heavy atom. The van der Waals surface area contributed by atoms with Gasteiger partial charge in [-0.3, -0.25) is 4.79 Å². The van der Waals surface area contributed by atoms with E-state index in [0.29, 0.717) is 22.8 Å². The summed E-state index contributed by atoms with van der Waals surface area (Å²) in [6, 6.07) is 4.77. The van der Waals surface area contributed by atoms with Crippen molar-refractivity contribution in [3.8, 4) is 0 Å². The second-order valence-electron chi connectivity index (χ2n) is 4.56. The molecule has 5 heteroatoms. The molecule has 1 unspecified atom stereocenters. The number of carbonyl (C=O) groups is 1. The maximum absolute atomic E-state index is 12.4. The number of hydrogen-bond donors (Lipinski definition) is 2. The third-order valence-corrected chi connectivity index (χ3v) is 3.58. The Morgan fingerprint density at radius 2 is 2.28 bits per heavy atom. The number of aliphatic hydroxyl groups is 1. The van der Waals surface area contributed by atoms with Gasteiger partial charge in [0, 0.05) is 17.3 Å². The molecule has 1 aromatic rings. The van der Waals surface area contributed by atoms with Crippen LogP contribution in [0.4, 0.5) is 5.69 Å². The molecule has 2 rings (SSSR count). The van der Waals surface area contributed by atoms with E-state index >= 15 is 0 Å². The highest BCUT2D eigenvalue weighted by Crippen LogP contribution is 2.24. The number of anilines is 1. The largest absolute Gasteiger partial charge is 0.398 e. The fraction of sp³-hybridized carbons (Fsp3) is 0.462. The number of rotatable bonds is 2. The number of hydrogen-bond acceptors (Lipinski definition) is 3. The molecule has 0 saturated carbocycles. The summed E-state index contributed by atoms with van der Waals surface area (Å²) in [6.07, 6.45) is 2.84. The van der Waals surface area contributed by atoms with E-state index in [1.807, 2.05) is 0 Å². The highest BCUT2D eigenvalue weighted by Gasteiger charge is 2.27. The van der Waals surface area contributed by atoms with E-state index in [1.165, 1.54) is 0 Å².